The first kappa shape index (κ1) is 22.5. The van der Waals surface area contributed by atoms with Gasteiger partial charge in [0.1, 0.15) is 5.75 Å². The predicted molar refractivity (Wildman–Crippen MR) is 107 cm³/mol. The first-order valence-corrected chi connectivity index (χ1v) is 7.84. The number of ether oxygens (including phenoxy) is 2. The Bertz CT molecular complexity index is 510. The Kier molecular flexibility index (Phi) is 13.0. The van der Waals surface area contributed by atoms with Crippen LogP contribution >= 0.6 is 24.0 Å². The molecule has 0 heterocycles. The second-order valence-electron chi connectivity index (χ2n) is 5.05. The molecule has 1 aromatic rings. The van der Waals surface area contributed by atoms with E-state index < -0.39 is 0 Å². The zero-order valence-electron chi connectivity index (χ0n) is 14.6. The van der Waals surface area contributed by atoms with Gasteiger partial charge in [0.05, 0.1) is 14.2 Å². The molecule has 2 N–H and O–H groups in total. The first-order valence-electron chi connectivity index (χ1n) is 7.84. The number of carbonyl (C=O) groups excluding carboxylic acids is 1. The van der Waals surface area contributed by atoms with Crippen molar-refractivity contribution in [2.75, 3.05) is 27.8 Å². The van der Waals surface area contributed by atoms with Gasteiger partial charge >= 0.3 is 5.97 Å². The molecular weight excluding hydrogens is 421 g/mol. The normalized spacial score (nSPS) is 10.5. The number of carbonyl (C=O) groups is 1. The van der Waals surface area contributed by atoms with Crippen molar-refractivity contribution in [3.63, 3.8) is 0 Å². The van der Waals surface area contributed by atoms with Crippen molar-refractivity contribution in [1.29, 1.82) is 0 Å². The standard InChI is InChI=1S/C17H27N3O3.HI/c1-18-17(19-12-8-4-5-11-16(21)23-3)20-13-14-9-6-7-10-15(14)22-2;/h6-7,9-10H,4-5,8,11-13H2,1-3H3,(H2,18,19,20);1H. The van der Waals surface area contributed by atoms with Gasteiger partial charge in [0, 0.05) is 32.1 Å². The molecule has 0 saturated carbocycles. The minimum absolute atomic E-state index is 0. The van der Waals surface area contributed by atoms with E-state index in [1.807, 2.05) is 24.3 Å². The number of nitrogens with zero attached hydrogens (tertiary/aromatic N) is 1. The van der Waals surface area contributed by atoms with Gasteiger partial charge in [-0.05, 0) is 18.9 Å². The van der Waals surface area contributed by atoms with E-state index in [9.17, 15) is 4.79 Å². The number of benzene rings is 1. The van der Waals surface area contributed by atoms with Crippen LogP contribution in [0.4, 0.5) is 0 Å². The molecule has 0 atom stereocenters. The molecule has 0 aliphatic carbocycles. The van der Waals surface area contributed by atoms with Gasteiger partial charge in [-0.2, -0.15) is 0 Å². The maximum atomic E-state index is 11.0. The van der Waals surface area contributed by atoms with Crippen molar-refractivity contribution in [2.45, 2.75) is 32.2 Å². The minimum atomic E-state index is -0.146. The van der Waals surface area contributed by atoms with Gasteiger partial charge < -0.3 is 20.1 Å². The Morgan fingerprint density at radius 3 is 2.54 bits per heavy atom. The van der Waals surface area contributed by atoms with Gasteiger partial charge in [-0.3, -0.25) is 9.79 Å². The fourth-order valence-corrected chi connectivity index (χ4v) is 2.13. The van der Waals surface area contributed by atoms with Crippen molar-refractivity contribution in [3.05, 3.63) is 29.8 Å². The van der Waals surface area contributed by atoms with E-state index in [0.29, 0.717) is 13.0 Å². The molecule has 1 aromatic carbocycles. The van der Waals surface area contributed by atoms with Crippen molar-refractivity contribution in [2.24, 2.45) is 4.99 Å². The molecule has 6 nitrogen and oxygen atoms in total. The fourth-order valence-electron chi connectivity index (χ4n) is 2.13. The van der Waals surface area contributed by atoms with Gasteiger partial charge in [-0.15, -0.1) is 24.0 Å². The molecule has 7 heteroatoms. The van der Waals surface area contributed by atoms with E-state index in [-0.39, 0.29) is 29.9 Å². The van der Waals surface area contributed by atoms with Crippen molar-refractivity contribution >= 4 is 35.9 Å². The number of aliphatic imine (C=N–C) groups is 1. The molecule has 0 aliphatic heterocycles. The number of hydrogen-bond donors (Lipinski definition) is 2. The largest absolute Gasteiger partial charge is 0.496 e. The van der Waals surface area contributed by atoms with Gasteiger partial charge in [0.2, 0.25) is 0 Å². The number of methoxy groups -OCH3 is 2. The Morgan fingerprint density at radius 1 is 1.12 bits per heavy atom. The van der Waals surface area contributed by atoms with E-state index in [4.69, 9.17) is 4.74 Å². The average Bonchev–Trinajstić information content (AvgIpc) is 2.60. The lowest BCUT2D eigenvalue weighted by atomic mass is 10.2. The van der Waals surface area contributed by atoms with Crippen LogP contribution in [0.3, 0.4) is 0 Å². The van der Waals surface area contributed by atoms with Gasteiger partial charge in [0.25, 0.3) is 0 Å². The maximum absolute atomic E-state index is 11.0. The minimum Gasteiger partial charge on any atom is -0.496 e. The highest BCUT2D eigenvalue weighted by Crippen LogP contribution is 2.16. The molecule has 0 unspecified atom stereocenters. The summed E-state index contributed by atoms with van der Waals surface area (Å²) in [4.78, 5) is 15.2. The van der Waals surface area contributed by atoms with Crippen LogP contribution in [-0.4, -0.2) is 39.7 Å². The molecule has 0 aliphatic rings. The van der Waals surface area contributed by atoms with E-state index in [2.05, 4.69) is 20.4 Å². The van der Waals surface area contributed by atoms with Crippen molar-refractivity contribution in [3.8, 4) is 5.75 Å². The zero-order valence-corrected chi connectivity index (χ0v) is 17.0. The van der Waals surface area contributed by atoms with Gasteiger partial charge in [-0.1, -0.05) is 24.6 Å². The SMILES string of the molecule is CN=C(NCCCCCC(=O)OC)NCc1ccccc1OC.I. The van der Waals surface area contributed by atoms with Crippen LogP contribution in [0.1, 0.15) is 31.2 Å². The highest BCUT2D eigenvalue weighted by Gasteiger charge is 2.03. The Balaban J connectivity index is 0.00000529. The lowest BCUT2D eigenvalue weighted by Gasteiger charge is -2.13. The van der Waals surface area contributed by atoms with Crippen LogP contribution in [0.2, 0.25) is 0 Å². The van der Waals surface area contributed by atoms with Crippen molar-refractivity contribution in [1.82, 2.24) is 10.6 Å². The molecule has 0 spiro atoms. The van der Waals surface area contributed by atoms with Crippen LogP contribution in [0, 0.1) is 0 Å². The molecule has 0 radical (unpaired) electrons. The van der Waals surface area contributed by atoms with E-state index in [0.717, 1.165) is 43.1 Å². The second-order valence-corrected chi connectivity index (χ2v) is 5.05. The molecule has 24 heavy (non-hydrogen) atoms. The quantitative estimate of drug-likeness (QED) is 0.200. The number of hydrogen-bond acceptors (Lipinski definition) is 4. The summed E-state index contributed by atoms with van der Waals surface area (Å²) >= 11 is 0. The summed E-state index contributed by atoms with van der Waals surface area (Å²) in [5, 5.41) is 6.52. The summed E-state index contributed by atoms with van der Waals surface area (Å²) in [5.41, 5.74) is 1.08. The third-order valence-corrected chi connectivity index (χ3v) is 3.44. The number of esters is 1. The Hall–Kier alpha value is -1.51. The Morgan fingerprint density at radius 2 is 1.88 bits per heavy atom. The third-order valence-electron chi connectivity index (χ3n) is 3.44. The van der Waals surface area contributed by atoms with Crippen LogP contribution in [-0.2, 0) is 16.1 Å². The monoisotopic (exact) mass is 449 g/mol. The third kappa shape index (κ3) is 8.95. The molecular formula is C17H28IN3O3. The summed E-state index contributed by atoms with van der Waals surface area (Å²) in [6, 6.07) is 7.89. The highest BCUT2D eigenvalue weighted by atomic mass is 127. The lowest BCUT2D eigenvalue weighted by Crippen LogP contribution is -2.37. The molecule has 0 saturated heterocycles. The molecule has 136 valence electrons. The first-order chi connectivity index (χ1) is 11.2. The smallest absolute Gasteiger partial charge is 0.305 e. The van der Waals surface area contributed by atoms with E-state index in [1.54, 1.807) is 14.2 Å². The summed E-state index contributed by atoms with van der Waals surface area (Å²) in [6.45, 7) is 1.46. The molecule has 0 amide bonds. The predicted octanol–water partition coefficient (Wildman–Crippen LogP) is 2.71. The number of para-hydroxylation sites is 1. The molecule has 1 rings (SSSR count). The number of unbranched alkanes of at least 4 members (excludes halogenated alkanes) is 2. The van der Waals surface area contributed by atoms with Gasteiger partial charge in [-0.25, -0.2) is 0 Å². The topological polar surface area (TPSA) is 72.0 Å². The fraction of sp³-hybridized carbons (Fsp3) is 0.529. The summed E-state index contributed by atoms with van der Waals surface area (Å²) in [7, 11) is 4.83. The van der Waals surface area contributed by atoms with Crippen LogP contribution < -0.4 is 15.4 Å². The number of guanidine groups is 1. The van der Waals surface area contributed by atoms with E-state index >= 15 is 0 Å². The van der Waals surface area contributed by atoms with E-state index in [1.165, 1.54) is 7.11 Å². The number of rotatable bonds is 9. The van der Waals surface area contributed by atoms with Gasteiger partial charge in [0.15, 0.2) is 5.96 Å². The molecule has 0 fully saturated rings. The summed E-state index contributed by atoms with van der Waals surface area (Å²) < 4.78 is 9.94. The zero-order chi connectivity index (χ0) is 16.9. The number of nitrogens with one attached hydrogen (secondary N) is 2. The van der Waals surface area contributed by atoms with Crippen LogP contribution in [0.15, 0.2) is 29.3 Å². The van der Waals surface area contributed by atoms with Crippen molar-refractivity contribution < 1.29 is 14.3 Å². The maximum Gasteiger partial charge on any atom is 0.305 e. The summed E-state index contributed by atoms with van der Waals surface area (Å²) in [5.74, 6) is 1.47. The molecule has 0 bridgehead atoms. The average molecular weight is 449 g/mol. The Labute approximate surface area is 161 Å². The lowest BCUT2D eigenvalue weighted by molar-refractivity contribution is -0.140. The number of halogens is 1. The van der Waals surface area contributed by atoms with Crippen LogP contribution in [0.25, 0.3) is 0 Å². The second kappa shape index (κ2) is 13.9. The highest BCUT2D eigenvalue weighted by molar-refractivity contribution is 14.0. The summed E-state index contributed by atoms with van der Waals surface area (Å²) in [6.07, 6.45) is 3.29. The molecule has 0 aromatic heterocycles. The van der Waals surface area contributed by atoms with Crippen LogP contribution in [0.5, 0.6) is 5.75 Å².